The molecule has 262 valence electrons. The van der Waals surface area contributed by atoms with E-state index < -0.39 is 0 Å². The van der Waals surface area contributed by atoms with Crippen LogP contribution in [0.1, 0.15) is 0 Å². The summed E-state index contributed by atoms with van der Waals surface area (Å²) in [5, 5.41) is 4.93. The summed E-state index contributed by atoms with van der Waals surface area (Å²) in [6.45, 7) is 0. The lowest BCUT2D eigenvalue weighted by atomic mass is 9.98. The summed E-state index contributed by atoms with van der Waals surface area (Å²) in [6, 6.07) is 76.1. The van der Waals surface area contributed by atoms with Gasteiger partial charge in [-0.2, -0.15) is 0 Å². The zero-order chi connectivity index (χ0) is 37.0. The summed E-state index contributed by atoms with van der Waals surface area (Å²) in [5.41, 5.74) is 15.6. The molecule has 3 heteroatoms. The fourth-order valence-electron chi connectivity index (χ4n) is 8.53. The van der Waals surface area contributed by atoms with Crippen LogP contribution >= 0.6 is 0 Å². The Bertz CT molecular complexity index is 3230. The molecule has 0 saturated heterocycles. The monoisotopic (exact) mass is 713 g/mol. The standard InChI is InChI=1S/C53H35N3/c1-4-16-36(17-5-1)38-20-14-21-39(32-38)48-34-41(37-18-6-2-7-19-37)35-49(54-48)40-22-15-25-43(33-40)56-51-29-13-11-27-45(51)47-31-30-46-44-26-10-12-28-50(44)55(52(46)53(47)56)42-23-8-3-9-24-42/h1-35H. The first-order chi connectivity index (χ1) is 27.8. The maximum absolute atomic E-state index is 5.40. The van der Waals surface area contributed by atoms with Crippen LogP contribution in [0.25, 0.3) is 99.8 Å². The van der Waals surface area contributed by atoms with Gasteiger partial charge in [0.25, 0.3) is 0 Å². The quantitative estimate of drug-likeness (QED) is 0.168. The highest BCUT2D eigenvalue weighted by Gasteiger charge is 2.21. The van der Waals surface area contributed by atoms with E-state index in [1.807, 2.05) is 0 Å². The van der Waals surface area contributed by atoms with Gasteiger partial charge in [-0.05, 0) is 76.9 Å². The van der Waals surface area contributed by atoms with Crippen LogP contribution in [-0.4, -0.2) is 14.1 Å². The number of rotatable bonds is 6. The van der Waals surface area contributed by atoms with E-state index in [1.54, 1.807) is 0 Å². The second-order valence-corrected chi connectivity index (χ2v) is 14.4. The molecule has 0 saturated carbocycles. The highest BCUT2D eigenvalue weighted by molar-refractivity contribution is 6.23. The average molecular weight is 714 g/mol. The van der Waals surface area contributed by atoms with Crippen molar-refractivity contribution in [2.75, 3.05) is 0 Å². The first-order valence-corrected chi connectivity index (χ1v) is 19.1. The Morgan fingerprint density at radius 1 is 0.268 bits per heavy atom. The minimum absolute atomic E-state index is 0.928. The molecule has 0 N–H and O–H groups in total. The van der Waals surface area contributed by atoms with Gasteiger partial charge < -0.3 is 9.13 Å². The predicted octanol–water partition coefficient (Wildman–Crippen LogP) is 13.9. The highest BCUT2D eigenvalue weighted by atomic mass is 15.0. The molecule has 0 spiro atoms. The summed E-state index contributed by atoms with van der Waals surface area (Å²) in [5.74, 6) is 0. The molecular weight excluding hydrogens is 679 g/mol. The Hall–Kier alpha value is -7.49. The summed E-state index contributed by atoms with van der Waals surface area (Å²) >= 11 is 0. The molecule has 0 amide bonds. The van der Waals surface area contributed by atoms with Gasteiger partial charge in [0.2, 0.25) is 0 Å². The normalized spacial score (nSPS) is 11.6. The predicted molar refractivity (Wildman–Crippen MR) is 235 cm³/mol. The van der Waals surface area contributed by atoms with E-state index in [1.165, 1.54) is 54.7 Å². The van der Waals surface area contributed by atoms with Gasteiger partial charge in [0, 0.05) is 44.0 Å². The molecule has 0 radical (unpaired) electrons. The third kappa shape index (κ3) is 5.25. The van der Waals surface area contributed by atoms with Crippen LogP contribution in [0.3, 0.4) is 0 Å². The molecule has 56 heavy (non-hydrogen) atoms. The summed E-state index contributed by atoms with van der Waals surface area (Å²) in [4.78, 5) is 5.40. The van der Waals surface area contributed by atoms with Crippen molar-refractivity contribution in [3.05, 3.63) is 212 Å². The van der Waals surface area contributed by atoms with E-state index in [0.29, 0.717) is 0 Å². The van der Waals surface area contributed by atoms with E-state index >= 15 is 0 Å². The molecule has 0 aliphatic heterocycles. The third-order valence-electron chi connectivity index (χ3n) is 11.1. The molecule has 0 fully saturated rings. The molecule has 0 bridgehead atoms. The minimum Gasteiger partial charge on any atom is -0.307 e. The fraction of sp³-hybridized carbons (Fsp3) is 0. The van der Waals surface area contributed by atoms with Crippen molar-refractivity contribution in [1.82, 2.24) is 14.1 Å². The van der Waals surface area contributed by atoms with Crippen molar-refractivity contribution in [3.8, 4) is 56.1 Å². The van der Waals surface area contributed by atoms with E-state index in [2.05, 4.69) is 221 Å². The van der Waals surface area contributed by atoms with Gasteiger partial charge in [-0.25, -0.2) is 4.98 Å². The maximum Gasteiger partial charge on any atom is 0.0788 e. The molecule has 0 aliphatic carbocycles. The molecule has 8 aromatic carbocycles. The van der Waals surface area contributed by atoms with Crippen LogP contribution in [-0.2, 0) is 0 Å². The summed E-state index contributed by atoms with van der Waals surface area (Å²) < 4.78 is 4.90. The average Bonchev–Trinajstić information content (AvgIpc) is 3.80. The number of fused-ring (bicyclic) bond motifs is 7. The molecule has 0 aliphatic rings. The van der Waals surface area contributed by atoms with Crippen LogP contribution in [0.2, 0.25) is 0 Å². The van der Waals surface area contributed by atoms with Crippen molar-refractivity contribution < 1.29 is 0 Å². The first-order valence-electron chi connectivity index (χ1n) is 19.1. The van der Waals surface area contributed by atoms with Gasteiger partial charge in [-0.1, -0.05) is 158 Å². The van der Waals surface area contributed by atoms with Gasteiger partial charge in [-0.15, -0.1) is 0 Å². The number of nitrogens with zero attached hydrogens (tertiary/aromatic N) is 3. The number of para-hydroxylation sites is 3. The molecule has 3 aromatic heterocycles. The lowest BCUT2D eigenvalue weighted by molar-refractivity contribution is 1.15. The molecule has 3 heterocycles. The van der Waals surface area contributed by atoms with Crippen molar-refractivity contribution in [1.29, 1.82) is 0 Å². The molecule has 11 aromatic rings. The Morgan fingerprint density at radius 3 is 1.30 bits per heavy atom. The number of pyridine rings is 1. The van der Waals surface area contributed by atoms with Gasteiger partial charge in [-0.3, -0.25) is 0 Å². The van der Waals surface area contributed by atoms with E-state index in [4.69, 9.17) is 4.98 Å². The van der Waals surface area contributed by atoms with Crippen molar-refractivity contribution in [3.63, 3.8) is 0 Å². The second-order valence-electron chi connectivity index (χ2n) is 14.4. The Balaban J connectivity index is 1.16. The second kappa shape index (κ2) is 13.1. The van der Waals surface area contributed by atoms with E-state index in [-0.39, 0.29) is 0 Å². The maximum atomic E-state index is 5.40. The van der Waals surface area contributed by atoms with Crippen LogP contribution in [0.4, 0.5) is 0 Å². The molecule has 0 unspecified atom stereocenters. The fourth-order valence-corrected chi connectivity index (χ4v) is 8.53. The first kappa shape index (κ1) is 32.0. The molecule has 11 rings (SSSR count). The number of benzene rings is 8. The van der Waals surface area contributed by atoms with Crippen LogP contribution in [0, 0.1) is 0 Å². The van der Waals surface area contributed by atoms with E-state index in [9.17, 15) is 0 Å². The van der Waals surface area contributed by atoms with Crippen molar-refractivity contribution >= 4 is 43.6 Å². The molecular formula is C53H35N3. The Labute approximate surface area is 325 Å². The zero-order valence-corrected chi connectivity index (χ0v) is 30.5. The minimum atomic E-state index is 0.928. The number of aromatic nitrogens is 3. The number of hydrogen-bond donors (Lipinski definition) is 0. The molecule has 3 nitrogen and oxygen atoms in total. The topological polar surface area (TPSA) is 22.8 Å². The van der Waals surface area contributed by atoms with Crippen molar-refractivity contribution in [2.24, 2.45) is 0 Å². The highest BCUT2D eigenvalue weighted by Crippen LogP contribution is 2.42. The zero-order valence-electron chi connectivity index (χ0n) is 30.5. The Kier molecular flexibility index (Phi) is 7.49. The SMILES string of the molecule is c1ccc(-c2cccc(-c3cc(-c4ccccc4)cc(-c4cccc(-n5c6ccccc6c6ccc7c8ccccc8n(-c8ccccc8)c7c65)c4)n3)c2)cc1. The number of hydrogen-bond acceptors (Lipinski definition) is 1. The van der Waals surface area contributed by atoms with Crippen LogP contribution < -0.4 is 0 Å². The molecule has 0 atom stereocenters. The lowest BCUT2D eigenvalue weighted by Crippen LogP contribution is -1.99. The van der Waals surface area contributed by atoms with Crippen LogP contribution in [0.15, 0.2) is 212 Å². The van der Waals surface area contributed by atoms with Crippen LogP contribution in [0.5, 0.6) is 0 Å². The van der Waals surface area contributed by atoms with Crippen molar-refractivity contribution in [2.45, 2.75) is 0 Å². The summed E-state index contributed by atoms with van der Waals surface area (Å²) in [6.07, 6.45) is 0. The van der Waals surface area contributed by atoms with Gasteiger partial charge in [0.05, 0.1) is 33.5 Å². The third-order valence-corrected chi connectivity index (χ3v) is 11.1. The summed E-state index contributed by atoms with van der Waals surface area (Å²) in [7, 11) is 0. The van der Waals surface area contributed by atoms with E-state index in [0.717, 1.165) is 45.0 Å². The largest absolute Gasteiger partial charge is 0.307 e. The van der Waals surface area contributed by atoms with Gasteiger partial charge in [0.1, 0.15) is 0 Å². The Morgan fingerprint density at radius 2 is 0.696 bits per heavy atom. The van der Waals surface area contributed by atoms with Gasteiger partial charge in [0.15, 0.2) is 0 Å². The van der Waals surface area contributed by atoms with Gasteiger partial charge >= 0.3 is 0 Å². The lowest BCUT2D eigenvalue weighted by Gasteiger charge is -2.14. The smallest absolute Gasteiger partial charge is 0.0788 e.